The first-order chi connectivity index (χ1) is 31.5. The van der Waals surface area contributed by atoms with Gasteiger partial charge in [-0.3, -0.25) is 14.4 Å². The van der Waals surface area contributed by atoms with E-state index < -0.39 is 6.10 Å². The van der Waals surface area contributed by atoms with Crippen LogP contribution in [-0.4, -0.2) is 37.2 Å². The molecule has 1 atom stereocenters. The van der Waals surface area contributed by atoms with Crippen LogP contribution in [-0.2, 0) is 28.6 Å². The van der Waals surface area contributed by atoms with E-state index in [9.17, 15) is 14.4 Å². The predicted molar refractivity (Wildman–Crippen MR) is 274 cm³/mol. The number of esters is 3. The van der Waals surface area contributed by atoms with Gasteiger partial charge in [0, 0.05) is 19.3 Å². The molecule has 368 valence electrons. The smallest absolute Gasteiger partial charge is 0.306 e. The molecule has 0 aliphatic heterocycles. The van der Waals surface area contributed by atoms with Crippen LogP contribution in [0, 0.1) is 0 Å². The van der Waals surface area contributed by atoms with E-state index in [-0.39, 0.29) is 37.5 Å². The molecule has 0 rings (SSSR count). The summed E-state index contributed by atoms with van der Waals surface area (Å²) >= 11 is 0. The number of ether oxygens (including phenoxy) is 3. The zero-order chi connectivity index (χ0) is 46.5. The molecule has 0 saturated heterocycles. The lowest BCUT2D eigenvalue weighted by molar-refractivity contribution is -0.166. The molecule has 0 fully saturated rings. The summed E-state index contributed by atoms with van der Waals surface area (Å²) in [7, 11) is 0. The zero-order valence-electron chi connectivity index (χ0n) is 42.0. The van der Waals surface area contributed by atoms with Crippen molar-refractivity contribution in [1.82, 2.24) is 0 Å². The van der Waals surface area contributed by atoms with Gasteiger partial charge in [-0.25, -0.2) is 0 Å². The van der Waals surface area contributed by atoms with Crippen LogP contribution in [0.15, 0.2) is 72.9 Å². The monoisotopic (exact) mass is 893 g/mol. The fourth-order valence-corrected chi connectivity index (χ4v) is 7.47. The Morgan fingerprint density at radius 2 is 0.609 bits per heavy atom. The minimum Gasteiger partial charge on any atom is -0.462 e. The van der Waals surface area contributed by atoms with E-state index in [1.807, 2.05) is 6.08 Å². The maximum atomic E-state index is 12.8. The Kier molecular flexibility index (Phi) is 49.9. The van der Waals surface area contributed by atoms with Crippen LogP contribution < -0.4 is 0 Å². The third-order valence-corrected chi connectivity index (χ3v) is 11.5. The zero-order valence-corrected chi connectivity index (χ0v) is 42.0. The summed E-state index contributed by atoms with van der Waals surface area (Å²) in [6.45, 7) is 6.46. The molecule has 0 aliphatic carbocycles. The highest BCUT2D eigenvalue weighted by Gasteiger charge is 2.19. The van der Waals surface area contributed by atoms with Crippen LogP contribution in [0.2, 0.25) is 0 Å². The van der Waals surface area contributed by atoms with Gasteiger partial charge in [0.2, 0.25) is 0 Å². The number of hydrogen-bond donors (Lipinski definition) is 0. The molecular weight excluding hydrogens is 793 g/mol. The van der Waals surface area contributed by atoms with Crippen LogP contribution in [0.5, 0.6) is 0 Å². The lowest BCUT2D eigenvalue weighted by Crippen LogP contribution is -2.30. The molecule has 0 N–H and O–H groups in total. The number of carbonyl (C=O) groups excluding carboxylic acids is 3. The van der Waals surface area contributed by atoms with Gasteiger partial charge in [-0.1, -0.05) is 254 Å². The molecule has 0 amide bonds. The van der Waals surface area contributed by atoms with Crippen LogP contribution in [0.25, 0.3) is 0 Å². The summed E-state index contributed by atoms with van der Waals surface area (Å²) in [5.74, 6) is -0.978. The average Bonchev–Trinajstić information content (AvgIpc) is 3.29. The molecule has 0 aromatic heterocycles. The van der Waals surface area contributed by atoms with Gasteiger partial charge in [0.15, 0.2) is 6.10 Å². The van der Waals surface area contributed by atoms with Gasteiger partial charge < -0.3 is 14.2 Å². The van der Waals surface area contributed by atoms with Crippen LogP contribution in [0.3, 0.4) is 0 Å². The second-order valence-corrected chi connectivity index (χ2v) is 17.8. The number of allylic oxidation sites excluding steroid dienone is 12. The van der Waals surface area contributed by atoms with Gasteiger partial charge >= 0.3 is 17.9 Å². The van der Waals surface area contributed by atoms with Crippen molar-refractivity contribution >= 4 is 17.9 Å². The third kappa shape index (κ3) is 49.9. The largest absolute Gasteiger partial charge is 0.462 e. The molecule has 0 aromatic rings. The number of hydrogen-bond acceptors (Lipinski definition) is 6. The van der Waals surface area contributed by atoms with Crippen molar-refractivity contribution in [1.29, 1.82) is 0 Å². The molecule has 0 aromatic carbocycles. The molecule has 0 spiro atoms. The van der Waals surface area contributed by atoms with Gasteiger partial charge in [-0.15, -0.1) is 0 Å². The molecule has 0 bridgehead atoms. The SMILES string of the molecule is CC/C=C\C/C=C\C/C=C\C/C=C\C/C=C\C/C=C\CCC(=O)OCC(COC(=O)CCCCCCCCCCCC)OC(=O)CCCCCCCCCCCCCCCCCCC. The summed E-state index contributed by atoms with van der Waals surface area (Å²) in [4.78, 5) is 37.9. The minimum atomic E-state index is -0.801. The van der Waals surface area contributed by atoms with Gasteiger partial charge in [0.1, 0.15) is 13.2 Å². The first kappa shape index (κ1) is 60.9. The van der Waals surface area contributed by atoms with E-state index >= 15 is 0 Å². The minimum absolute atomic E-state index is 0.0954. The van der Waals surface area contributed by atoms with E-state index in [0.29, 0.717) is 19.3 Å². The highest BCUT2D eigenvalue weighted by molar-refractivity contribution is 5.71. The molecule has 0 radical (unpaired) electrons. The summed E-state index contributed by atoms with van der Waals surface area (Å²) in [6.07, 6.45) is 66.2. The van der Waals surface area contributed by atoms with Crippen molar-refractivity contribution in [2.45, 2.75) is 264 Å². The van der Waals surface area contributed by atoms with E-state index in [4.69, 9.17) is 14.2 Å². The van der Waals surface area contributed by atoms with Crippen LogP contribution in [0.1, 0.15) is 258 Å². The normalized spacial score (nSPS) is 12.6. The maximum absolute atomic E-state index is 12.8. The Balaban J connectivity index is 4.43. The first-order valence-corrected chi connectivity index (χ1v) is 26.9. The van der Waals surface area contributed by atoms with E-state index in [2.05, 4.69) is 87.6 Å². The standard InChI is InChI=1S/C58H100O6/c1-4-7-10-13-16-19-22-24-26-28-29-31-32-34-36-39-42-45-48-51-57(60)63-54-55(53-62-56(59)50-47-44-41-38-21-18-15-12-9-6-3)64-58(61)52-49-46-43-40-37-35-33-30-27-25-23-20-17-14-11-8-5-2/h7,10,16,19,24,26,29,31,34,36,42,45,55H,4-6,8-9,11-15,17-18,20-23,25,27-28,30,32-33,35,37-41,43-44,46-54H2,1-3H3/b10-7-,19-16-,26-24-,31-29-,36-34-,45-42-. The number of rotatable bonds is 48. The fraction of sp³-hybridized carbons (Fsp3) is 0.741. The summed E-state index contributed by atoms with van der Waals surface area (Å²) in [6, 6.07) is 0. The topological polar surface area (TPSA) is 78.9 Å². The van der Waals surface area contributed by atoms with Crippen molar-refractivity contribution in [3.8, 4) is 0 Å². The molecule has 6 heteroatoms. The lowest BCUT2D eigenvalue weighted by Gasteiger charge is -2.18. The van der Waals surface area contributed by atoms with Crippen molar-refractivity contribution < 1.29 is 28.6 Å². The fourth-order valence-electron chi connectivity index (χ4n) is 7.47. The highest BCUT2D eigenvalue weighted by Crippen LogP contribution is 2.16. The Morgan fingerprint density at radius 1 is 0.328 bits per heavy atom. The quantitative estimate of drug-likeness (QED) is 0.0262. The van der Waals surface area contributed by atoms with Crippen LogP contribution in [0.4, 0.5) is 0 Å². The van der Waals surface area contributed by atoms with Crippen LogP contribution >= 0.6 is 0 Å². The molecule has 0 saturated carbocycles. The van der Waals surface area contributed by atoms with Crippen molar-refractivity contribution in [2.75, 3.05) is 13.2 Å². The summed E-state index contributed by atoms with van der Waals surface area (Å²) in [5.41, 5.74) is 0. The number of unbranched alkanes of at least 4 members (excludes halogenated alkanes) is 25. The molecule has 6 nitrogen and oxygen atoms in total. The Hall–Kier alpha value is -3.15. The second kappa shape index (κ2) is 52.5. The van der Waals surface area contributed by atoms with E-state index in [0.717, 1.165) is 77.0 Å². The predicted octanol–water partition coefficient (Wildman–Crippen LogP) is 17.8. The Labute approximate surface area is 395 Å². The van der Waals surface area contributed by atoms with Gasteiger partial charge in [0.05, 0.1) is 0 Å². The molecule has 0 heterocycles. The summed E-state index contributed by atoms with van der Waals surface area (Å²) in [5, 5.41) is 0. The second-order valence-electron chi connectivity index (χ2n) is 17.8. The van der Waals surface area contributed by atoms with Crippen molar-refractivity contribution in [2.24, 2.45) is 0 Å². The molecule has 1 unspecified atom stereocenters. The van der Waals surface area contributed by atoms with E-state index in [1.165, 1.54) is 135 Å². The van der Waals surface area contributed by atoms with Gasteiger partial charge in [-0.05, 0) is 57.8 Å². The molecule has 0 aliphatic rings. The lowest BCUT2D eigenvalue weighted by atomic mass is 10.0. The third-order valence-electron chi connectivity index (χ3n) is 11.5. The van der Waals surface area contributed by atoms with Crippen molar-refractivity contribution in [3.63, 3.8) is 0 Å². The Morgan fingerprint density at radius 3 is 0.953 bits per heavy atom. The Bertz CT molecular complexity index is 1210. The molecular formula is C58H100O6. The maximum Gasteiger partial charge on any atom is 0.306 e. The average molecular weight is 893 g/mol. The molecule has 64 heavy (non-hydrogen) atoms. The van der Waals surface area contributed by atoms with Gasteiger partial charge in [0.25, 0.3) is 0 Å². The first-order valence-electron chi connectivity index (χ1n) is 26.9. The van der Waals surface area contributed by atoms with E-state index in [1.54, 1.807) is 0 Å². The summed E-state index contributed by atoms with van der Waals surface area (Å²) < 4.78 is 16.7. The number of carbonyl (C=O) groups is 3. The van der Waals surface area contributed by atoms with Gasteiger partial charge in [-0.2, -0.15) is 0 Å². The van der Waals surface area contributed by atoms with Crippen molar-refractivity contribution in [3.05, 3.63) is 72.9 Å². The highest BCUT2D eigenvalue weighted by atomic mass is 16.6.